The molecule has 0 radical (unpaired) electrons. The lowest BCUT2D eigenvalue weighted by molar-refractivity contribution is 0.372. The Morgan fingerprint density at radius 2 is 2.28 bits per heavy atom. The van der Waals surface area contributed by atoms with Crippen LogP contribution < -0.4 is 5.73 Å². The van der Waals surface area contributed by atoms with Gasteiger partial charge in [0.05, 0.1) is 4.47 Å². The van der Waals surface area contributed by atoms with E-state index in [-0.39, 0.29) is 11.9 Å². The van der Waals surface area contributed by atoms with Crippen LogP contribution in [0.5, 0.6) is 0 Å². The minimum absolute atomic E-state index is 0.0975. The van der Waals surface area contributed by atoms with Crippen LogP contribution in [0.4, 0.5) is 4.39 Å². The lowest BCUT2D eigenvalue weighted by Crippen LogP contribution is -2.15. The number of hydrogen-bond acceptors (Lipinski definition) is 4. The molecule has 96 valence electrons. The average Bonchev–Trinajstić information content (AvgIpc) is 2.79. The molecule has 1 atom stereocenters. The normalized spacial score (nSPS) is 12.7. The van der Waals surface area contributed by atoms with Gasteiger partial charge < -0.3 is 10.3 Å². The maximum atomic E-state index is 13.1. The summed E-state index contributed by atoms with van der Waals surface area (Å²) in [4.78, 5) is 4.25. The zero-order valence-electron chi connectivity index (χ0n) is 9.86. The van der Waals surface area contributed by atoms with Crippen LogP contribution in [0.3, 0.4) is 0 Å². The molecule has 0 fully saturated rings. The third-order valence-corrected chi connectivity index (χ3v) is 3.07. The van der Waals surface area contributed by atoms with Gasteiger partial charge >= 0.3 is 0 Å². The molecule has 18 heavy (non-hydrogen) atoms. The van der Waals surface area contributed by atoms with E-state index in [0.717, 1.165) is 6.42 Å². The summed E-state index contributed by atoms with van der Waals surface area (Å²) >= 11 is 3.12. The number of nitrogens with zero attached hydrogens (tertiary/aromatic N) is 2. The topological polar surface area (TPSA) is 64.9 Å². The standard InChI is InChI=1S/C12H13BrFN3O/c1-7(15)2-5-11-16-12(17-18-11)8-3-4-10(14)9(13)6-8/h3-4,6-7H,2,5,15H2,1H3. The molecule has 0 bridgehead atoms. The summed E-state index contributed by atoms with van der Waals surface area (Å²) in [7, 11) is 0. The van der Waals surface area contributed by atoms with Gasteiger partial charge in [-0.15, -0.1) is 0 Å². The van der Waals surface area contributed by atoms with Crippen molar-refractivity contribution in [3.8, 4) is 11.4 Å². The van der Waals surface area contributed by atoms with Crippen LogP contribution in [0.15, 0.2) is 27.2 Å². The van der Waals surface area contributed by atoms with Crippen molar-refractivity contribution in [2.45, 2.75) is 25.8 Å². The van der Waals surface area contributed by atoms with Crippen molar-refractivity contribution >= 4 is 15.9 Å². The van der Waals surface area contributed by atoms with E-state index >= 15 is 0 Å². The molecule has 2 aromatic rings. The number of nitrogens with two attached hydrogens (primary N) is 1. The number of aryl methyl sites for hydroxylation is 1. The van der Waals surface area contributed by atoms with E-state index in [2.05, 4.69) is 26.1 Å². The molecule has 0 spiro atoms. The van der Waals surface area contributed by atoms with Gasteiger partial charge in [0.25, 0.3) is 0 Å². The van der Waals surface area contributed by atoms with Gasteiger partial charge in [-0.2, -0.15) is 4.98 Å². The highest BCUT2D eigenvalue weighted by Gasteiger charge is 2.10. The van der Waals surface area contributed by atoms with Crippen molar-refractivity contribution in [1.82, 2.24) is 10.1 Å². The van der Waals surface area contributed by atoms with Crippen LogP contribution in [0.1, 0.15) is 19.2 Å². The molecule has 0 saturated heterocycles. The quantitative estimate of drug-likeness (QED) is 0.942. The van der Waals surface area contributed by atoms with Gasteiger partial charge in [0.2, 0.25) is 11.7 Å². The van der Waals surface area contributed by atoms with Crippen molar-refractivity contribution in [1.29, 1.82) is 0 Å². The molecule has 1 heterocycles. The van der Waals surface area contributed by atoms with E-state index in [0.29, 0.717) is 28.2 Å². The van der Waals surface area contributed by atoms with Crippen molar-refractivity contribution in [2.75, 3.05) is 0 Å². The van der Waals surface area contributed by atoms with E-state index in [1.165, 1.54) is 6.07 Å². The predicted octanol–water partition coefficient (Wildman–Crippen LogP) is 2.92. The van der Waals surface area contributed by atoms with Crippen LogP contribution in [0.25, 0.3) is 11.4 Å². The Hall–Kier alpha value is -1.27. The van der Waals surface area contributed by atoms with Crippen LogP contribution in [-0.4, -0.2) is 16.2 Å². The highest BCUT2D eigenvalue weighted by molar-refractivity contribution is 9.10. The molecule has 4 nitrogen and oxygen atoms in total. The fourth-order valence-electron chi connectivity index (χ4n) is 1.46. The molecule has 1 aromatic carbocycles. The molecule has 0 saturated carbocycles. The SMILES string of the molecule is CC(N)CCc1nc(-c2ccc(F)c(Br)c2)no1. The number of aromatic nitrogens is 2. The summed E-state index contributed by atoms with van der Waals surface area (Å²) in [5, 5.41) is 3.86. The molecule has 1 aromatic heterocycles. The average molecular weight is 314 g/mol. The van der Waals surface area contributed by atoms with Crippen molar-refractivity contribution in [3.63, 3.8) is 0 Å². The molecule has 2 N–H and O–H groups in total. The first-order valence-corrected chi connectivity index (χ1v) is 6.39. The minimum atomic E-state index is -0.320. The van der Waals surface area contributed by atoms with E-state index in [1.54, 1.807) is 12.1 Å². The van der Waals surface area contributed by atoms with E-state index in [4.69, 9.17) is 10.3 Å². The molecule has 0 aliphatic carbocycles. The highest BCUT2D eigenvalue weighted by atomic mass is 79.9. The highest BCUT2D eigenvalue weighted by Crippen LogP contribution is 2.23. The van der Waals surface area contributed by atoms with Crippen LogP contribution in [0.2, 0.25) is 0 Å². The van der Waals surface area contributed by atoms with Gasteiger partial charge in [-0.1, -0.05) is 5.16 Å². The third-order valence-electron chi connectivity index (χ3n) is 2.46. The van der Waals surface area contributed by atoms with Crippen molar-refractivity contribution in [3.05, 3.63) is 34.4 Å². The number of halogens is 2. The lowest BCUT2D eigenvalue weighted by atomic mass is 10.2. The largest absolute Gasteiger partial charge is 0.339 e. The van der Waals surface area contributed by atoms with E-state index in [9.17, 15) is 4.39 Å². The molecule has 0 aliphatic heterocycles. The van der Waals surface area contributed by atoms with Gasteiger partial charge in [-0.3, -0.25) is 0 Å². The predicted molar refractivity (Wildman–Crippen MR) is 69.4 cm³/mol. The number of benzene rings is 1. The molecular formula is C12H13BrFN3O. The first-order valence-electron chi connectivity index (χ1n) is 5.60. The second-order valence-electron chi connectivity index (χ2n) is 4.16. The molecule has 2 rings (SSSR count). The zero-order chi connectivity index (χ0) is 13.1. The second kappa shape index (κ2) is 5.58. The Balaban J connectivity index is 2.16. The van der Waals surface area contributed by atoms with Crippen LogP contribution >= 0.6 is 15.9 Å². The molecule has 6 heteroatoms. The fourth-order valence-corrected chi connectivity index (χ4v) is 1.84. The summed E-state index contributed by atoms with van der Waals surface area (Å²) in [5.74, 6) is 0.678. The molecule has 1 unspecified atom stereocenters. The maximum Gasteiger partial charge on any atom is 0.227 e. The first-order chi connectivity index (χ1) is 8.56. The Morgan fingerprint density at radius 3 is 2.94 bits per heavy atom. The van der Waals surface area contributed by atoms with E-state index in [1.807, 2.05) is 6.92 Å². The summed E-state index contributed by atoms with van der Waals surface area (Å²) in [6.07, 6.45) is 1.43. The number of rotatable bonds is 4. The summed E-state index contributed by atoms with van der Waals surface area (Å²) in [6.45, 7) is 1.92. The van der Waals surface area contributed by atoms with Crippen molar-refractivity contribution < 1.29 is 8.91 Å². The summed E-state index contributed by atoms with van der Waals surface area (Å²) in [5.41, 5.74) is 6.36. The smallest absolute Gasteiger partial charge is 0.227 e. The van der Waals surface area contributed by atoms with Gasteiger partial charge in [-0.25, -0.2) is 4.39 Å². The van der Waals surface area contributed by atoms with Crippen LogP contribution in [-0.2, 0) is 6.42 Å². The lowest BCUT2D eigenvalue weighted by Gasteiger charge is -1.99. The third kappa shape index (κ3) is 3.14. The summed E-state index contributed by atoms with van der Waals surface area (Å²) < 4.78 is 18.6. The summed E-state index contributed by atoms with van der Waals surface area (Å²) in [6, 6.07) is 4.69. The first kappa shape index (κ1) is 13.2. The fraction of sp³-hybridized carbons (Fsp3) is 0.333. The van der Waals surface area contributed by atoms with E-state index < -0.39 is 0 Å². The maximum absolute atomic E-state index is 13.1. The Morgan fingerprint density at radius 1 is 1.50 bits per heavy atom. The zero-order valence-corrected chi connectivity index (χ0v) is 11.4. The second-order valence-corrected chi connectivity index (χ2v) is 5.01. The van der Waals surface area contributed by atoms with Gasteiger partial charge in [0.15, 0.2) is 0 Å². The van der Waals surface area contributed by atoms with Gasteiger partial charge in [0, 0.05) is 18.0 Å². The Labute approximate surface area is 113 Å². The van der Waals surface area contributed by atoms with Gasteiger partial charge in [-0.05, 0) is 47.5 Å². The number of hydrogen-bond donors (Lipinski definition) is 1. The molecular weight excluding hydrogens is 301 g/mol. The van der Waals surface area contributed by atoms with Crippen molar-refractivity contribution in [2.24, 2.45) is 5.73 Å². The molecule has 0 amide bonds. The van der Waals surface area contributed by atoms with Crippen LogP contribution in [0, 0.1) is 5.82 Å². The molecule has 0 aliphatic rings. The van der Waals surface area contributed by atoms with Gasteiger partial charge in [0.1, 0.15) is 5.82 Å². The monoisotopic (exact) mass is 313 g/mol. The minimum Gasteiger partial charge on any atom is -0.339 e. The Kier molecular flexibility index (Phi) is 4.08. The Bertz CT molecular complexity index is 542.